The molecule has 3 rings (SSSR count). The minimum Gasteiger partial charge on any atom is -0.303 e. The van der Waals surface area contributed by atoms with Crippen LogP contribution in [-0.4, -0.2) is 14.7 Å². The number of hydrogen-bond acceptors (Lipinski definition) is 4. The molecule has 2 aromatic rings. The Kier molecular flexibility index (Phi) is 5.23. The Morgan fingerprint density at radius 1 is 1.00 bits per heavy atom. The monoisotopic (exact) mass is 342 g/mol. The number of benzene rings is 2. The molecule has 0 fully saturated rings. The van der Waals surface area contributed by atoms with Crippen LogP contribution in [-0.2, 0) is 26.6 Å². The first-order valence-corrected chi connectivity index (χ1v) is 8.89. The first kappa shape index (κ1) is 16.6. The van der Waals surface area contributed by atoms with E-state index in [9.17, 15) is 13.2 Å². The van der Waals surface area contributed by atoms with Crippen LogP contribution in [0.4, 0.5) is 0 Å². The van der Waals surface area contributed by atoms with Crippen molar-refractivity contribution in [3.63, 3.8) is 0 Å². The van der Waals surface area contributed by atoms with Crippen LogP contribution in [0.2, 0.25) is 0 Å². The summed E-state index contributed by atoms with van der Waals surface area (Å²) < 4.78 is 25.6. The Bertz CT molecular complexity index is 812. The molecule has 0 heterocycles. The lowest BCUT2D eigenvalue weighted by molar-refractivity contribution is -0.109. The van der Waals surface area contributed by atoms with Crippen molar-refractivity contribution in [1.82, 2.24) is 0 Å². The molecule has 0 amide bonds. The molecule has 0 aromatic heterocycles. The molecule has 1 atom stereocenters. The standard InChI is InChI=1S/C19H18O4S/c20-12-17-10-11-18(19(17)16-4-2-1-3-5-16)15-8-6-14(7-9-15)13-23-24(21)22/h1-9,12,17,24H,10-11,13H2. The molecule has 1 unspecified atom stereocenters. The fourth-order valence-electron chi connectivity index (χ4n) is 3.17. The van der Waals surface area contributed by atoms with Gasteiger partial charge in [-0.3, -0.25) is 4.18 Å². The Balaban J connectivity index is 1.94. The van der Waals surface area contributed by atoms with E-state index < -0.39 is 11.0 Å². The predicted octanol–water partition coefficient (Wildman–Crippen LogP) is 3.25. The van der Waals surface area contributed by atoms with Crippen molar-refractivity contribution in [3.05, 3.63) is 71.3 Å². The summed E-state index contributed by atoms with van der Waals surface area (Å²) in [5.41, 5.74) is 5.22. The largest absolute Gasteiger partial charge is 0.303 e. The Morgan fingerprint density at radius 2 is 1.71 bits per heavy atom. The van der Waals surface area contributed by atoms with E-state index in [1.807, 2.05) is 54.6 Å². The van der Waals surface area contributed by atoms with E-state index in [0.29, 0.717) is 0 Å². The number of carbonyl (C=O) groups excluding carboxylic acids is 1. The van der Waals surface area contributed by atoms with Gasteiger partial charge in [0.1, 0.15) is 6.29 Å². The van der Waals surface area contributed by atoms with E-state index in [1.165, 1.54) is 5.57 Å². The minimum absolute atomic E-state index is 0.0422. The molecule has 0 saturated heterocycles. The Labute approximate surface area is 142 Å². The smallest absolute Gasteiger partial charge is 0.257 e. The third kappa shape index (κ3) is 3.63. The van der Waals surface area contributed by atoms with Crippen molar-refractivity contribution in [2.75, 3.05) is 0 Å². The molecule has 24 heavy (non-hydrogen) atoms. The average molecular weight is 342 g/mol. The van der Waals surface area contributed by atoms with Crippen LogP contribution < -0.4 is 0 Å². The fraction of sp³-hybridized carbons (Fsp3) is 0.211. The maximum absolute atomic E-state index is 11.5. The second kappa shape index (κ2) is 7.55. The van der Waals surface area contributed by atoms with Gasteiger partial charge in [-0.2, -0.15) is 0 Å². The van der Waals surface area contributed by atoms with Gasteiger partial charge in [0.05, 0.1) is 6.61 Å². The van der Waals surface area contributed by atoms with Gasteiger partial charge in [-0.15, -0.1) is 0 Å². The summed E-state index contributed by atoms with van der Waals surface area (Å²) in [5.74, 6) is -0.0742. The number of aldehydes is 1. The zero-order chi connectivity index (χ0) is 16.9. The summed E-state index contributed by atoms with van der Waals surface area (Å²) in [6.07, 6.45) is 2.71. The summed E-state index contributed by atoms with van der Waals surface area (Å²) in [7, 11) is -2.83. The molecule has 1 aliphatic rings. The second-order valence-corrected chi connectivity index (χ2v) is 6.44. The fourth-order valence-corrected chi connectivity index (χ4v) is 3.43. The molecule has 5 heteroatoms. The maximum Gasteiger partial charge on any atom is 0.257 e. The summed E-state index contributed by atoms with van der Waals surface area (Å²) in [6, 6.07) is 17.6. The average Bonchev–Trinajstić information content (AvgIpc) is 3.05. The zero-order valence-electron chi connectivity index (χ0n) is 13.1. The number of allylic oxidation sites excluding steroid dienone is 2. The summed E-state index contributed by atoms with van der Waals surface area (Å²) >= 11 is 0. The van der Waals surface area contributed by atoms with E-state index in [2.05, 4.69) is 4.18 Å². The summed E-state index contributed by atoms with van der Waals surface area (Å²) in [6.45, 7) is 0.0422. The quantitative estimate of drug-likeness (QED) is 0.647. The van der Waals surface area contributed by atoms with Crippen molar-refractivity contribution in [3.8, 4) is 0 Å². The molecule has 0 N–H and O–H groups in total. The summed E-state index contributed by atoms with van der Waals surface area (Å²) in [4.78, 5) is 11.5. The molecule has 0 bridgehead atoms. The van der Waals surface area contributed by atoms with Crippen LogP contribution >= 0.6 is 0 Å². The maximum atomic E-state index is 11.5. The van der Waals surface area contributed by atoms with E-state index in [4.69, 9.17) is 0 Å². The van der Waals surface area contributed by atoms with Gasteiger partial charge in [0.15, 0.2) is 0 Å². The molecular weight excluding hydrogens is 324 g/mol. The number of carbonyl (C=O) groups is 1. The van der Waals surface area contributed by atoms with Gasteiger partial charge in [0, 0.05) is 5.92 Å². The van der Waals surface area contributed by atoms with Gasteiger partial charge >= 0.3 is 0 Å². The Morgan fingerprint density at radius 3 is 2.33 bits per heavy atom. The van der Waals surface area contributed by atoms with Crippen LogP contribution in [0.15, 0.2) is 54.6 Å². The topological polar surface area (TPSA) is 60.4 Å². The van der Waals surface area contributed by atoms with Crippen LogP contribution in [0, 0.1) is 5.92 Å². The highest BCUT2D eigenvalue weighted by Gasteiger charge is 2.26. The lowest BCUT2D eigenvalue weighted by Gasteiger charge is -2.12. The van der Waals surface area contributed by atoms with Crippen molar-refractivity contribution in [1.29, 1.82) is 0 Å². The number of rotatable bonds is 6. The van der Waals surface area contributed by atoms with Gasteiger partial charge in [0.2, 0.25) is 0 Å². The summed E-state index contributed by atoms with van der Waals surface area (Å²) in [5, 5.41) is 0. The van der Waals surface area contributed by atoms with E-state index in [0.717, 1.165) is 41.4 Å². The van der Waals surface area contributed by atoms with E-state index in [1.54, 1.807) is 0 Å². The van der Waals surface area contributed by atoms with Crippen molar-refractivity contribution in [2.24, 2.45) is 5.92 Å². The van der Waals surface area contributed by atoms with Crippen LogP contribution in [0.5, 0.6) is 0 Å². The number of hydrogen-bond donors (Lipinski definition) is 1. The third-order valence-corrected chi connectivity index (χ3v) is 4.63. The number of thiol groups is 1. The van der Waals surface area contributed by atoms with Gasteiger partial charge in [0.25, 0.3) is 11.0 Å². The van der Waals surface area contributed by atoms with Crippen LogP contribution in [0.1, 0.15) is 29.5 Å². The highest BCUT2D eigenvalue weighted by atomic mass is 32.2. The van der Waals surface area contributed by atoms with Crippen LogP contribution in [0.25, 0.3) is 11.1 Å². The molecule has 0 aliphatic heterocycles. The lowest BCUT2D eigenvalue weighted by Crippen LogP contribution is -2.00. The van der Waals surface area contributed by atoms with Crippen molar-refractivity contribution < 1.29 is 17.4 Å². The van der Waals surface area contributed by atoms with E-state index in [-0.39, 0.29) is 12.5 Å². The molecule has 124 valence electrons. The molecule has 2 aromatic carbocycles. The van der Waals surface area contributed by atoms with Crippen molar-refractivity contribution in [2.45, 2.75) is 19.4 Å². The Hall–Kier alpha value is -2.24. The van der Waals surface area contributed by atoms with Crippen molar-refractivity contribution >= 4 is 28.4 Å². The van der Waals surface area contributed by atoms with E-state index >= 15 is 0 Å². The second-order valence-electron chi connectivity index (χ2n) is 5.73. The predicted molar refractivity (Wildman–Crippen MR) is 93.6 cm³/mol. The third-order valence-electron chi connectivity index (χ3n) is 4.29. The lowest BCUT2D eigenvalue weighted by atomic mass is 9.92. The highest BCUT2D eigenvalue weighted by Crippen LogP contribution is 2.42. The normalized spacial score (nSPS) is 17.5. The van der Waals surface area contributed by atoms with Crippen LogP contribution in [0.3, 0.4) is 0 Å². The highest BCUT2D eigenvalue weighted by molar-refractivity contribution is 7.67. The molecule has 0 spiro atoms. The molecule has 1 aliphatic carbocycles. The SMILES string of the molecule is O=CC1CCC(c2ccc(CO[SH](=O)=O)cc2)=C1c1ccccc1. The molecule has 0 saturated carbocycles. The van der Waals surface area contributed by atoms with Gasteiger partial charge in [-0.1, -0.05) is 54.6 Å². The molecular formula is C19H18O4S. The first-order chi connectivity index (χ1) is 11.7. The van der Waals surface area contributed by atoms with Gasteiger partial charge in [-0.25, -0.2) is 8.42 Å². The first-order valence-electron chi connectivity index (χ1n) is 7.79. The zero-order valence-corrected chi connectivity index (χ0v) is 13.9. The minimum atomic E-state index is -2.83. The van der Waals surface area contributed by atoms with Gasteiger partial charge < -0.3 is 4.79 Å². The van der Waals surface area contributed by atoms with Gasteiger partial charge in [-0.05, 0) is 40.7 Å². The molecule has 4 nitrogen and oxygen atoms in total. The molecule has 0 radical (unpaired) electrons.